The highest BCUT2D eigenvalue weighted by atomic mass is 16.3. The summed E-state index contributed by atoms with van der Waals surface area (Å²) in [5, 5.41) is 4.61. The molecule has 0 N–H and O–H groups in total. The molecule has 0 bridgehead atoms. The topological polar surface area (TPSA) is 16.4 Å². The van der Waals surface area contributed by atoms with E-state index in [-0.39, 0.29) is 0 Å². The number of hydrogen-bond acceptors (Lipinski definition) is 2. The van der Waals surface area contributed by atoms with Crippen molar-refractivity contribution in [2.24, 2.45) is 0 Å². The van der Waals surface area contributed by atoms with Gasteiger partial charge in [0.25, 0.3) is 0 Å². The molecule has 0 aliphatic carbocycles. The van der Waals surface area contributed by atoms with Crippen LogP contribution >= 0.6 is 0 Å². The molecule has 0 spiro atoms. The van der Waals surface area contributed by atoms with Crippen molar-refractivity contribution in [3.63, 3.8) is 0 Å². The van der Waals surface area contributed by atoms with Gasteiger partial charge in [0.15, 0.2) is 0 Å². The lowest BCUT2D eigenvalue weighted by atomic mass is 9.94. The van der Waals surface area contributed by atoms with Crippen LogP contribution in [-0.2, 0) is 0 Å². The summed E-state index contributed by atoms with van der Waals surface area (Å²) in [6, 6.07) is 66.7. The fourth-order valence-electron chi connectivity index (χ4n) is 7.00. The highest BCUT2D eigenvalue weighted by Crippen LogP contribution is 2.47. The Hall–Kier alpha value is -6.38. The number of anilines is 3. The minimum Gasteiger partial charge on any atom is -0.456 e. The molecule has 0 radical (unpaired) electrons. The molecule has 1 heterocycles. The molecule has 48 heavy (non-hydrogen) atoms. The summed E-state index contributed by atoms with van der Waals surface area (Å²) < 4.78 is 6.71. The van der Waals surface area contributed by atoms with Crippen molar-refractivity contribution in [1.82, 2.24) is 0 Å². The second-order valence-corrected chi connectivity index (χ2v) is 12.1. The van der Waals surface area contributed by atoms with Gasteiger partial charge < -0.3 is 9.32 Å². The van der Waals surface area contributed by atoms with Crippen LogP contribution in [0.3, 0.4) is 0 Å². The van der Waals surface area contributed by atoms with Gasteiger partial charge in [0.2, 0.25) is 0 Å². The van der Waals surface area contributed by atoms with Gasteiger partial charge in [-0.05, 0) is 86.6 Å². The van der Waals surface area contributed by atoms with Gasteiger partial charge in [0.1, 0.15) is 11.2 Å². The summed E-state index contributed by atoms with van der Waals surface area (Å²) in [6.45, 7) is 0. The third-order valence-electron chi connectivity index (χ3n) is 9.27. The number of hydrogen-bond donors (Lipinski definition) is 0. The maximum Gasteiger partial charge on any atom is 0.137 e. The van der Waals surface area contributed by atoms with Crippen molar-refractivity contribution < 1.29 is 4.42 Å². The van der Waals surface area contributed by atoms with Crippen LogP contribution in [0.4, 0.5) is 17.1 Å². The van der Waals surface area contributed by atoms with Crippen LogP contribution in [0, 0.1) is 0 Å². The lowest BCUT2D eigenvalue weighted by Crippen LogP contribution is -2.10. The largest absolute Gasteiger partial charge is 0.456 e. The first kappa shape index (κ1) is 27.9. The lowest BCUT2D eigenvalue weighted by Gasteiger charge is -2.27. The summed E-state index contributed by atoms with van der Waals surface area (Å²) in [6.07, 6.45) is 0. The zero-order valence-electron chi connectivity index (χ0n) is 26.3. The standard InChI is InChI=1S/C46H31NO/c1-4-13-32(14-5-1)34-23-27-37(28-24-34)47(38-29-25-35(26-30-38)33-15-6-2-7-16-33)42-21-12-22-43-46(42)45-40-20-11-10-19-39(40)41(31-44(45)48-43)36-17-8-3-9-18-36/h1-31H. The summed E-state index contributed by atoms with van der Waals surface area (Å²) in [5.41, 5.74) is 12.1. The number of rotatable bonds is 6. The molecule has 0 unspecified atom stereocenters. The average Bonchev–Trinajstić information content (AvgIpc) is 3.56. The Morgan fingerprint density at radius 3 is 1.38 bits per heavy atom. The molecule has 0 aliphatic rings. The maximum absolute atomic E-state index is 6.71. The molecule has 9 aromatic rings. The molecular weight excluding hydrogens is 583 g/mol. The highest BCUT2D eigenvalue weighted by Gasteiger charge is 2.22. The van der Waals surface area contributed by atoms with Gasteiger partial charge in [-0.1, -0.05) is 146 Å². The van der Waals surface area contributed by atoms with Gasteiger partial charge in [-0.25, -0.2) is 0 Å². The maximum atomic E-state index is 6.71. The number of furan rings is 1. The van der Waals surface area contributed by atoms with E-state index in [2.05, 4.69) is 193 Å². The van der Waals surface area contributed by atoms with Crippen LogP contribution in [0.15, 0.2) is 192 Å². The molecule has 1 aromatic heterocycles. The molecule has 8 aromatic carbocycles. The van der Waals surface area contributed by atoms with Gasteiger partial charge in [0, 0.05) is 16.8 Å². The summed E-state index contributed by atoms with van der Waals surface area (Å²) in [7, 11) is 0. The zero-order chi connectivity index (χ0) is 31.9. The van der Waals surface area contributed by atoms with Gasteiger partial charge in [0.05, 0.1) is 11.1 Å². The van der Waals surface area contributed by atoms with Crippen molar-refractivity contribution in [3.05, 3.63) is 188 Å². The molecule has 2 heteroatoms. The average molecular weight is 614 g/mol. The third-order valence-corrected chi connectivity index (χ3v) is 9.27. The van der Waals surface area contributed by atoms with Crippen LogP contribution in [0.25, 0.3) is 66.1 Å². The summed E-state index contributed by atoms with van der Waals surface area (Å²) >= 11 is 0. The molecule has 226 valence electrons. The number of benzene rings is 8. The first-order valence-corrected chi connectivity index (χ1v) is 16.4. The van der Waals surface area contributed by atoms with E-state index in [4.69, 9.17) is 4.42 Å². The Morgan fingerprint density at radius 2 is 0.812 bits per heavy atom. The summed E-state index contributed by atoms with van der Waals surface area (Å²) in [5.74, 6) is 0. The first-order chi connectivity index (χ1) is 23.8. The van der Waals surface area contributed by atoms with Crippen molar-refractivity contribution >= 4 is 49.8 Å². The van der Waals surface area contributed by atoms with Crippen molar-refractivity contribution in [3.8, 4) is 33.4 Å². The van der Waals surface area contributed by atoms with E-state index in [0.717, 1.165) is 39.0 Å². The fourth-order valence-corrected chi connectivity index (χ4v) is 7.00. The SMILES string of the molecule is c1ccc(-c2ccc(N(c3ccc(-c4ccccc4)cc3)c3cccc4oc5cc(-c6ccccc6)c6ccccc6c5c34)cc2)cc1. The number of fused-ring (bicyclic) bond motifs is 5. The molecular formula is C46H31NO. The lowest BCUT2D eigenvalue weighted by molar-refractivity contribution is 0.669. The van der Waals surface area contributed by atoms with E-state index in [1.807, 2.05) is 0 Å². The fraction of sp³-hybridized carbons (Fsp3) is 0. The molecule has 0 saturated carbocycles. The Bertz CT molecular complexity index is 2430. The number of nitrogens with zero attached hydrogens (tertiary/aromatic N) is 1. The van der Waals surface area contributed by atoms with E-state index < -0.39 is 0 Å². The minimum atomic E-state index is 0.865. The molecule has 0 aliphatic heterocycles. The van der Waals surface area contributed by atoms with E-state index in [9.17, 15) is 0 Å². The molecule has 2 nitrogen and oxygen atoms in total. The second kappa shape index (κ2) is 11.8. The molecule has 0 saturated heterocycles. The Kier molecular flexibility index (Phi) is 6.84. The zero-order valence-corrected chi connectivity index (χ0v) is 26.3. The predicted octanol–water partition coefficient (Wildman–Crippen LogP) is 13.2. The first-order valence-electron chi connectivity index (χ1n) is 16.4. The van der Waals surface area contributed by atoms with E-state index in [1.165, 1.54) is 44.2 Å². The Morgan fingerprint density at radius 1 is 0.333 bits per heavy atom. The molecule has 0 fully saturated rings. The monoisotopic (exact) mass is 613 g/mol. The minimum absolute atomic E-state index is 0.865. The molecule has 0 atom stereocenters. The quantitative estimate of drug-likeness (QED) is 0.185. The molecule has 9 rings (SSSR count). The summed E-state index contributed by atoms with van der Waals surface area (Å²) in [4.78, 5) is 2.36. The van der Waals surface area contributed by atoms with Crippen LogP contribution in [0.1, 0.15) is 0 Å². The van der Waals surface area contributed by atoms with Crippen LogP contribution in [-0.4, -0.2) is 0 Å². The van der Waals surface area contributed by atoms with Crippen molar-refractivity contribution in [2.75, 3.05) is 4.90 Å². The van der Waals surface area contributed by atoms with Gasteiger partial charge in [-0.15, -0.1) is 0 Å². The molecule has 0 amide bonds. The van der Waals surface area contributed by atoms with Crippen LogP contribution in [0.2, 0.25) is 0 Å². The normalized spacial score (nSPS) is 11.3. The van der Waals surface area contributed by atoms with Crippen molar-refractivity contribution in [1.29, 1.82) is 0 Å². The Balaban J connectivity index is 1.28. The predicted molar refractivity (Wildman–Crippen MR) is 202 cm³/mol. The van der Waals surface area contributed by atoms with E-state index in [0.29, 0.717) is 0 Å². The van der Waals surface area contributed by atoms with Gasteiger partial charge in [-0.3, -0.25) is 0 Å². The highest BCUT2D eigenvalue weighted by molar-refractivity contribution is 6.25. The smallest absolute Gasteiger partial charge is 0.137 e. The second-order valence-electron chi connectivity index (χ2n) is 12.1. The Labute approximate surface area is 279 Å². The van der Waals surface area contributed by atoms with E-state index >= 15 is 0 Å². The van der Waals surface area contributed by atoms with Crippen molar-refractivity contribution in [2.45, 2.75) is 0 Å². The van der Waals surface area contributed by atoms with Crippen LogP contribution < -0.4 is 4.90 Å². The van der Waals surface area contributed by atoms with Crippen LogP contribution in [0.5, 0.6) is 0 Å². The van der Waals surface area contributed by atoms with E-state index in [1.54, 1.807) is 0 Å². The van der Waals surface area contributed by atoms with Gasteiger partial charge >= 0.3 is 0 Å². The van der Waals surface area contributed by atoms with Gasteiger partial charge in [-0.2, -0.15) is 0 Å². The third kappa shape index (κ3) is 4.83.